The lowest BCUT2D eigenvalue weighted by Crippen LogP contribution is -2.24. The van der Waals surface area contributed by atoms with E-state index in [9.17, 15) is 4.79 Å². The highest BCUT2D eigenvalue weighted by Gasteiger charge is 2.09. The summed E-state index contributed by atoms with van der Waals surface area (Å²) >= 11 is 1.45. The lowest BCUT2D eigenvalue weighted by molar-refractivity contribution is -0.118. The Morgan fingerprint density at radius 3 is 2.64 bits per heavy atom. The van der Waals surface area contributed by atoms with Gasteiger partial charge in [0.25, 0.3) is 0 Å². The summed E-state index contributed by atoms with van der Waals surface area (Å²) in [6.45, 7) is 2.58. The van der Waals surface area contributed by atoms with E-state index in [-0.39, 0.29) is 5.91 Å². The second-order valence-corrected chi connectivity index (χ2v) is 6.62. The third kappa shape index (κ3) is 5.19. The first-order valence-corrected chi connectivity index (χ1v) is 9.14. The number of nitrogens with one attached hydrogen (secondary N) is 1. The highest BCUT2D eigenvalue weighted by Crippen LogP contribution is 2.17. The number of rotatable bonds is 7. The third-order valence-electron chi connectivity index (χ3n) is 3.57. The molecule has 0 saturated carbocycles. The van der Waals surface area contributed by atoms with Crippen LogP contribution in [0, 0.1) is 6.92 Å². The first-order valence-electron chi connectivity index (χ1n) is 7.99. The molecule has 0 atom stereocenters. The van der Waals surface area contributed by atoms with Crippen molar-refractivity contribution in [2.45, 2.75) is 19.2 Å². The molecule has 0 saturated heterocycles. The topological polar surface area (TPSA) is 68.0 Å². The Kier molecular flexibility index (Phi) is 5.85. The SMILES string of the molecule is Cc1ccc(CNC(=O)CSCc2nc(-c3ccccc3)no2)cc1. The van der Waals surface area contributed by atoms with Crippen LogP contribution in [-0.4, -0.2) is 21.8 Å². The molecule has 3 rings (SSSR count). The molecule has 5 nitrogen and oxygen atoms in total. The van der Waals surface area contributed by atoms with Gasteiger partial charge in [0.1, 0.15) is 0 Å². The van der Waals surface area contributed by atoms with Gasteiger partial charge in [0, 0.05) is 12.1 Å². The van der Waals surface area contributed by atoms with Crippen LogP contribution in [-0.2, 0) is 17.1 Å². The molecule has 1 heterocycles. The van der Waals surface area contributed by atoms with Gasteiger partial charge in [0.15, 0.2) is 0 Å². The van der Waals surface area contributed by atoms with E-state index in [4.69, 9.17) is 4.52 Å². The number of amides is 1. The van der Waals surface area contributed by atoms with Crippen molar-refractivity contribution in [2.24, 2.45) is 0 Å². The molecule has 3 aromatic rings. The number of carbonyl (C=O) groups is 1. The maximum Gasteiger partial charge on any atom is 0.236 e. The standard InChI is InChI=1S/C19H19N3O2S/c1-14-7-9-15(10-8-14)11-20-17(23)12-25-13-18-21-19(22-24-18)16-5-3-2-4-6-16/h2-10H,11-13H2,1H3,(H,20,23). The van der Waals surface area contributed by atoms with E-state index >= 15 is 0 Å². The van der Waals surface area contributed by atoms with Gasteiger partial charge < -0.3 is 9.84 Å². The predicted molar refractivity (Wildman–Crippen MR) is 98.9 cm³/mol. The molecule has 0 radical (unpaired) electrons. The van der Waals surface area contributed by atoms with E-state index in [0.29, 0.717) is 29.8 Å². The van der Waals surface area contributed by atoms with Crippen LogP contribution in [0.3, 0.4) is 0 Å². The molecule has 0 aliphatic carbocycles. The summed E-state index contributed by atoms with van der Waals surface area (Å²) < 4.78 is 5.23. The maximum atomic E-state index is 11.9. The van der Waals surface area contributed by atoms with Gasteiger partial charge in [0.05, 0.1) is 11.5 Å². The third-order valence-corrected chi connectivity index (χ3v) is 4.49. The number of benzene rings is 2. The number of hydrogen-bond acceptors (Lipinski definition) is 5. The quantitative estimate of drug-likeness (QED) is 0.703. The summed E-state index contributed by atoms with van der Waals surface area (Å²) in [6.07, 6.45) is 0. The van der Waals surface area contributed by atoms with Gasteiger partial charge in [0.2, 0.25) is 17.6 Å². The first kappa shape index (κ1) is 17.2. The Balaban J connectivity index is 1.41. The van der Waals surface area contributed by atoms with Crippen molar-refractivity contribution in [1.29, 1.82) is 0 Å². The molecule has 0 spiro atoms. The monoisotopic (exact) mass is 353 g/mol. The van der Waals surface area contributed by atoms with Crippen molar-refractivity contribution in [3.63, 3.8) is 0 Å². The van der Waals surface area contributed by atoms with Crippen LogP contribution >= 0.6 is 11.8 Å². The van der Waals surface area contributed by atoms with E-state index < -0.39 is 0 Å². The zero-order valence-corrected chi connectivity index (χ0v) is 14.8. The largest absolute Gasteiger partial charge is 0.351 e. The molecule has 0 aliphatic heterocycles. The van der Waals surface area contributed by atoms with Crippen molar-refractivity contribution in [3.05, 3.63) is 71.6 Å². The van der Waals surface area contributed by atoms with E-state index in [0.717, 1.165) is 11.1 Å². The minimum absolute atomic E-state index is 0.00614. The lowest BCUT2D eigenvalue weighted by atomic mass is 10.1. The fraction of sp³-hybridized carbons (Fsp3) is 0.211. The van der Waals surface area contributed by atoms with E-state index in [1.165, 1.54) is 17.3 Å². The van der Waals surface area contributed by atoms with Crippen molar-refractivity contribution in [1.82, 2.24) is 15.5 Å². The highest BCUT2D eigenvalue weighted by molar-refractivity contribution is 7.99. The Morgan fingerprint density at radius 2 is 1.88 bits per heavy atom. The molecular weight excluding hydrogens is 334 g/mol. The Labute approximate surface area is 150 Å². The first-order chi connectivity index (χ1) is 12.2. The number of carbonyl (C=O) groups excluding carboxylic acids is 1. The summed E-state index contributed by atoms with van der Waals surface area (Å²) in [5.74, 6) is 1.95. The number of nitrogens with zero attached hydrogens (tertiary/aromatic N) is 2. The van der Waals surface area contributed by atoms with Crippen LogP contribution in [0.4, 0.5) is 0 Å². The summed E-state index contributed by atoms with van der Waals surface area (Å²) in [6, 6.07) is 17.8. The Hall–Kier alpha value is -2.60. The van der Waals surface area contributed by atoms with Crippen LogP contribution in [0.5, 0.6) is 0 Å². The van der Waals surface area contributed by atoms with Crippen LogP contribution < -0.4 is 5.32 Å². The van der Waals surface area contributed by atoms with Crippen molar-refractivity contribution in [2.75, 3.05) is 5.75 Å². The molecule has 1 N–H and O–H groups in total. The second kappa shape index (κ2) is 8.48. The zero-order valence-electron chi connectivity index (χ0n) is 13.9. The number of hydrogen-bond donors (Lipinski definition) is 1. The minimum atomic E-state index is -0.00614. The molecule has 1 aromatic heterocycles. The molecule has 0 bridgehead atoms. The smallest absolute Gasteiger partial charge is 0.236 e. The molecular formula is C19H19N3O2S. The van der Waals surface area contributed by atoms with Crippen molar-refractivity contribution < 1.29 is 9.32 Å². The zero-order chi connectivity index (χ0) is 17.5. The van der Waals surface area contributed by atoms with Gasteiger partial charge in [-0.2, -0.15) is 4.98 Å². The van der Waals surface area contributed by atoms with Gasteiger partial charge in [-0.1, -0.05) is 65.3 Å². The van der Waals surface area contributed by atoms with Gasteiger partial charge in [-0.3, -0.25) is 4.79 Å². The van der Waals surface area contributed by atoms with E-state index in [1.807, 2.05) is 61.5 Å². The van der Waals surface area contributed by atoms with Crippen LogP contribution in [0.1, 0.15) is 17.0 Å². The summed E-state index contributed by atoms with van der Waals surface area (Å²) in [7, 11) is 0. The average Bonchev–Trinajstić information content (AvgIpc) is 3.11. The van der Waals surface area contributed by atoms with E-state index in [1.54, 1.807) is 0 Å². The molecule has 25 heavy (non-hydrogen) atoms. The summed E-state index contributed by atoms with van der Waals surface area (Å²) in [4.78, 5) is 16.3. The van der Waals surface area contributed by atoms with Gasteiger partial charge in [-0.25, -0.2) is 0 Å². The molecule has 0 aliphatic rings. The summed E-state index contributed by atoms with van der Waals surface area (Å²) in [5, 5.41) is 6.88. The Morgan fingerprint density at radius 1 is 1.12 bits per heavy atom. The predicted octanol–water partition coefficient (Wildman–Crippen LogP) is 3.59. The van der Waals surface area contributed by atoms with Crippen molar-refractivity contribution in [3.8, 4) is 11.4 Å². The normalized spacial score (nSPS) is 10.6. The fourth-order valence-electron chi connectivity index (χ4n) is 2.21. The van der Waals surface area contributed by atoms with Crippen molar-refractivity contribution >= 4 is 17.7 Å². The lowest BCUT2D eigenvalue weighted by Gasteiger charge is -2.05. The van der Waals surface area contributed by atoms with E-state index in [2.05, 4.69) is 15.5 Å². The number of aromatic nitrogens is 2. The number of thioether (sulfide) groups is 1. The highest BCUT2D eigenvalue weighted by atomic mass is 32.2. The molecule has 0 fully saturated rings. The number of aryl methyl sites for hydroxylation is 1. The molecule has 1 amide bonds. The second-order valence-electron chi connectivity index (χ2n) is 5.63. The summed E-state index contributed by atoms with van der Waals surface area (Å²) in [5.41, 5.74) is 3.21. The maximum absolute atomic E-state index is 11.9. The molecule has 6 heteroatoms. The molecule has 128 valence electrons. The van der Waals surface area contributed by atoms with Crippen LogP contribution in [0.2, 0.25) is 0 Å². The van der Waals surface area contributed by atoms with Crippen LogP contribution in [0.15, 0.2) is 59.1 Å². The minimum Gasteiger partial charge on any atom is -0.351 e. The van der Waals surface area contributed by atoms with Crippen LogP contribution in [0.25, 0.3) is 11.4 Å². The average molecular weight is 353 g/mol. The molecule has 0 unspecified atom stereocenters. The van der Waals surface area contributed by atoms with Gasteiger partial charge in [-0.15, -0.1) is 11.8 Å². The van der Waals surface area contributed by atoms with Gasteiger partial charge >= 0.3 is 0 Å². The molecule has 2 aromatic carbocycles. The fourth-order valence-corrected chi connectivity index (χ4v) is 2.89. The van der Waals surface area contributed by atoms with Gasteiger partial charge in [-0.05, 0) is 12.5 Å². The Bertz CT molecular complexity index is 816.